The van der Waals surface area contributed by atoms with Crippen molar-refractivity contribution in [2.75, 3.05) is 26.7 Å². The second kappa shape index (κ2) is 7.61. The van der Waals surface area contributed by atoms with Crippen LogP contribution in [0, 0.1) is 11.8 Å². The van der Waals surface area contributed by atoms with E-state index in [1.54, 1.807) is 4.90 Å². The third kappa shape index (κ3) is 3.74. The SMILES string of the molecule is COC1c2c(c(=O)[nH]c(=O)n2C2CC2)C=C(F)C1N1CC(CN)C(CC(F)(F)F)C1. The lowest BCUT2D eigenvalue weighted by molar-refractivity contribution is -0.146. The number of hydrogen-bond acceptors (Lipinski definition) is 5. The number of nitrogens with two attached hydrogens (primary N) is 1. The van der Waals surface area contributed by atoms with Crippen molar-refractivity contribution in [1.29, 1.82) is 0 Å². The average molecular weight is 432 g/mol. The van der Waals surface area contributed by atoms with Crippen LogP contribution in [0.25, 0.3) is 6.08 Å². The molecule has 0 spiro atoms. The predicted molar refractivity (Wildman–Crippen MR) is 100 cm³/mol. The number of ether oxygens (including phenoxy) is 1. The molecule has 0 aromatic carbocycles. The van der Waals surface area contributed by atoms with E-state index in [2.05, 4.69) is 4.98 Å². The summed E-state index contributed by atoms with van der Waals surface area (Å²) in [6.45, 7) is 0.227. The number of rotatable bonds is 5. The summed E-state index contributed by atoms with van der Waals surface area (Å²) in [6, 6.07) is -1.13. The van der Waals surface area contributed by atoms with Crippen LogP contribution in [0.2, 0.25) is 0 Å². The molecule has 166 valence electrons. The van der Waals surface area contributed by atoms with E-state index >= 15 is 4.39 Å². The van der Waals surface area contributed by atoms with Crippen LogP contribution in [0.15, 0.2) is 15.4 Å². The van der Waals surface area contributed by atoms with Crippen LogP contribution in [-0.2, 0) is 4.74 Å². The minimum Gasteiger partial charge on any atom is -0.373 e. The Morgan fingerprint density at radius 2 is 1.90 bits per heavy atom. The highest BCUT2D eigenvalue weighted by molar-refractivity contribution is 5.58. The van der Waals surface area contributed by atoms with Gasteiger partial charge in [-0.25, -0.2) is 9.18 Å². The topological polar surface area (TPSA) is 93.3 Å². The van der Waals surface area contributed by atoms with Crippen molar-refractivity contribution in [2.45, 2.75) is 43.6 Å². The molecule has 1 saturated carbocycles. The highest BCUT2D eigenvalue weighted by Gasteiger charge is 2.47. The van der Waals surface area contributed by atoms with Crippen molar-refractivity contribution < 1.29 is 22.3 Å². The number of H-pyrrole nitrogens is 1. The van der Waals surface area contributed by atoms with Gasteiger partial charge in [0.2, 0.25) is 0 Å². The summed E-state index contributed by atoms with van der Waals surface area (Å²) in [6.07, 6.45) is -3.77. The number of aromatic amines is 1. The number of nitrogens with one attached hydrogen (secondary N) is 1. The summed E-state index contributed by atoms with van der Waals surface area (Å²) >= 11 is 0. The first-order valence-corrected chi connectivity index (χ1v) is 9.94. The van der Waals surface area contributed by atoms with Gasteiger partial charge in [-0.3, -0.25) is 19.2 Å². The Bertz CT molecular complexity index is 966. The van der Waals surface area contributed by atoms with E-state index in [0.29, 0.717) is 0 Å². The van der Waals surface area contributed by atoms with Crippen molar-refractivity contribution >= 4 is 6.08 Å². The van der Waals surface area contributed by atoms with Crippen molar-refractivity contribution in [3.8, 4) is 0 Å². The minimum atomic E-state index is -4.35. The maximum atomic E-state index is 15.2. The second-order valence-corrected chi connectivity index (χ2v) is 8.32. The van der Waals surface area contributed by atoms with Gasteiger partial charge < -0.3 is 10.5 Å². The van der Waals surface area contributed by atoms with Gasteiger partial charge in [-0.15, -0.1) is 0 Å². The summed E-state index contributed by atoms with van der Waals surface area (Å²) < 4.78 is 61.2. The van der Waals surface area contributed by atoms with E-state index in [1.807, 2.05) is 0 Å². The first-order valence-electron chi connectivity index (χ1n) is 9.94. The zero-order valence-electron chi connectivity index (χ0n) is 16.4. The van der Waals surface area contributed by atoms with Crippen molar-refractivity contribution in [1.82, 2.24) is 14.5 Å². The Kier molecular flexibility index (Phi) is 5.39. The average Bonchev–Trinajstić information content (AvgIpc) is 3.41. The molecule has 0 radical (unpaired) electrons. The molecule has 2 fully saturated rings. The van der Waals surface area contributed by atoms with Gasteiger partial charge in [-0.1, -0.05) is 0 Å². The number of hydrogen-bond donors (Lipinski definition) is 2. The van der Waals surface area contributed by atoms with Crippen LogP contribution >= 0.6 is 0 Å². The lowest BCUT2D eigenvalue weighted by Crippen LogP contribution is -2.46. The third-order valence-corrected chi connectivity index (χ3v) is 6.30. The Morgan fingerprint density at radius 3 is 2.47 bits per heavy atom. The summed E-state index contributed by atoms with van der Waals surface area (Å²) in [5.41, 5.74) is 4.70. The first-order chi connectivity index (χ1) is 14.1. The predicted octanol–water partition coefficient (Wildman–Crippen LogP) is 1.71. The fraction of sp³-hybridized carbons (Fsp3) is 0.684. The quantitative estimate of drug-likeness (QED) is 0.691. The number of alkyl halides is 3. The van der Waals surface area contributed by atoms with E-state index in [-0.39, 0.29) is 36.9 Å². The van der Waals surface area contributed by atoms with Crippen LogP contribution in [0.5, 0.6) is 0 Å². The largest absolute Gasteiger partial charge is 0.389 e. The van der Waals surface area contributed by atoms with Gasteiger partial charge in [0, 0.05) is 32.7 Å². The maximum absolute atomic E-state index is 15.2. The molecule has 0 amide bonds. The van der Waals surface area contributed by atoms with Gasteiger partial charge >= 0.3 is 11.9 Å². The van der Waals surface area contributed by atoms with Gasteiger partial charge in [0.05, 0.1) is 17.3 Å². The Hall–Kier alpha value is -1.98. The molecule has 30 heavy (non-hydrogen) atoms. The fourth-order valence-electron chi connectivity index (χ4n) is 4.83. The standard InChI is InChI=1S/C19H24F4N4O3/c1-30-16-14-12(17(28)25-18(29)27(14)11-2-3-11)4-13(20)15(16)26-7-9(5-19(21,22)23)10(6-24)8-26/h4,9-11,15-16H,2-3,5-8,24H2,1H3,(H,25,28,29). The molecule has 1 aromatic heterocycles. The van der Waals surface area contributed by atoms with Crippen LogP contribution in [0.4, 0.5) is 17.6 Å². The molecule has 1 aromatic rings. The van der Waals surface area contributed by atoms with Crippen molar-refractivity contribution in [3.63, 3.8) is 0 Å². The molecule has 0 bridgehead atoms. The number of aromatic nitrogens is 2. The van der Waals surface area contributed by atoms with Gasteiger partial charge in [0.1, 0.15) is 11.9 Å². The molecule has 3 N–H and O–H groups in total. The van der Waals surface area contributed by atoms with Gasteiger partial charge in [-0.05, 0) is 37.3 Å². The van der Waals surface area contributed by atoms with Crippen LogP contribution in [0.1, 0.15) is 42.7 Å². The van der Waals surface area contributed by atoms with Crippen LogP contribution in [0.3, 0.4) is 0 Å². The van der Waals surface area contributed by atoms with Crippen molar-refractivity contribution in [3.05, 3.63) is 37.9 Å². The van der Waals surface area contributed by atoms with E-state index in [0.717, 1.165) is 18.9 Å². The third-order valence-electron chi connectivity index (χ3n) is 6.30. The Morgan fingerprint density at radius 1 is 1.23 bits per heavy atom. The zero-order chi connectivity index (χ0) is 21.8. The first kappa shape index (κ1) is 21.3. The zero-order valence-corrected chi connectivity index (χ0v) is 16.4. The van der Waals surface area contributed by atoms with E-state index in [4.69, 9.17) is 10.5 Å². The molecule has 11 heteroatoms. The number of nitrogens with zero attached hydrogens (tertiary/aromatic N) is 2. The molecular formula is C19H24F4N4O3. The van der Waals surface area contributed by atoms with Gasteiger partial charge in [0.25, 0.3) is 5.56 Å². The van der Waals surface area contributed by atoms with Crippen LogP contribution < -0.4 is 17.0 Å². The molecule has 2 aliphatic carbocycles. The lowest BCUT2D eigenvalue weighted by atomic mass is 9.93. The monoisotopic (exact) mass is 432 g/mol. The smallest absolute Gasteiger partial charge is 0.373 e. The molecule has 7 nitrogen and oxygen atoms in total. The van der Waals surface area contributed by atoms with Gasteiger partial charge in [0.15, 0.2) is 0 Å². The molecular weight excluding hydrogens is 408 g/mol. The van der Waals surface area contributed by atoms with E-state index < -0.39 is 53.7 Å². The van der Waals surface area contributed by atoms with E-state index in [1.165, 1.54) is 11.7 Å². The normalized spacial score (nSPS) is 29.7. The fourth-order valence-corrected chi connectivity index (χ4v) is 4.83. The van der Waals surface area contributed by atoms with Crippen LogP contribution in [-0.4, -0.2) is 53.4 Å². The summed E-state index contributed by atoms with van der Waals surface area (Å²) in [4.78, 5) is 28.6. The highest BCUT2D eigenvalue weighted by atomic mass is 19.4. The number of likely N-dealkylation sites (tertiary alicyclic amines) is 1. The highest BCUT2D eigenvalue weighted by Crippen LogP contribution is 2.44. The Labute approximate surface area is 169 Å². The molecule has 2 heterocycles. The molecule has 3 aliphatic rings. The summed E-state index contributed by atoms with van der Waals surface area (Å²) in [5, 5.41) is 0. The molecule has 4 unspecified atom stereocenters. The number of fused-ring (bicyclic) bond motifs is 1. The minimum absolute atomic E-state index is 0.000647. The van der Waals surface area contributed by atoms with Crippen molar-refractivity contribution in [2.24, 2.45) is 17.6 Å². The van der Waals surface area contributed by atoms with E-state index in [9.17, 15) is 22.8 Å². The molecule has 1 saturated heterocycles. The maximum Gasteiger partial charge on any atom is 0.389 e. The molecule has 1 aliphatic heterocycles. The molecule has 4 atom stereocenters. The van der Waals surface area contributed by atoms with Gasteiger partial charge in [-0.2, -0.15) is 13.2 Å². The number of halogens is 4. The Balaban J connectivity index is 1.74. The lowest BCUT2D eigenvalue weighted by Gasteiger charge is -2.37. The molecule has 4 rings (SSSR count). The second-order valence-electron chi connectivity index (χ2n) is 8.32. The number of methoxy groups -OCH3 is 1. The summed E-state index contributed by atoms with van der Waals surface area (Å²) in [7, 11) is 1.34. The summed E-state index contributed by atoms with van der Waals surface area (Å²) in [5.74, 6) is -1.88.